The molecule has 140 valence electrons. The largest absolute Gasteiger partial charge is 0.345 e. The van der Waals surface area contributed by atoms with Crippen molar-refractivity contribution < 1.29 is 0 Å². The quantitative estimate of drug-likeness (QED) is 0.556. The third-order valence-electron chi connectivity index (χ3n) is 6.45. The van der Waals surface area contributed by atoms with Crippen LogP contribution in [0.15, 0.2) is 54.6 Å². The van der Waals surface area contributed by atoms with Crippen molar-refractivity contribution in [2.75, 3.05) is 23.9 Å². The van der Waals surface area contributed by atoms with Crippen molar-refractivity contribution >= 4 is 45.9 Å². The van der Waals surface area contributed by atoms with Crippen LogP contribution in [0.1, 0.15) is 31.9 Å². The molecule has 3 aromatic rings. The molecule has 0 amide bonds. The van der Waals surface area contributed by atoms with Gasteiger partial charge < -0.3 is 9.80 Å². The second kappa shape index (κ2) is 5.67. The number of anilines is 4. The van der Waals surface area contributed by atoms with Crippen LogP contribution in [0.3, 0.4) is 0 Å². The van der Waals surface area contributed by atoms with Crippen molar-refractivity contribution in [3.05, 3.63) is 65.7 Å². The highest BCUT2D eigenvalue weighted by Gasteiger charge is 2.42. The van der Waals surface area contributed by atoms with Crippen molar-refractivity contribution in [3.8, 4) is 0 Å². The number of hydrogen-bond donors (Lipinski definition) is 0. The molecule has 0 atom stereocenters. The summed E-state index contributed by atoms with van der Waals surface area (Å²) in [6, 6.07) is 20.5. The van der Waals surface area contributed by atoms with Crippen LogP contribution >= 0.6 is 0 Å². The van der Waals surface area contributed by atoms with Crippen molar-refractivity contribution in [2.24, 2.45) is 0 Å². The molecule has 0 radical (unpaired) electrons. The van der Waals surface area contributed by atoms with E-state index in [0.29, 0.717) is 0 Å². The summed E-state index contributed by atoms with van der Waals surface area (Å²) in [6.07, 6.45) is 0. The van der Waals surface area contributed by atoms with Gasteiger partial charge >= 0.3 is 0 Å². The summed E-state index contributed by atoms with van der Waals surface area (Å²) in [4.78, 5) is 4.80. The highest BCUT2D eigenvalue weighted by Crippen LogP contribution is 2.41. The minimum atomic E-state index is 0.0849. The minimum Gasteiger partial charge on any atom is -0.345 e. The lowest BCUT2D eigenvalue weighted by atomic mass is 9.33. The van der Waals surface area contributed by atoms with Crippen LogP contribution in [0.5, 0.6) is 0 Å². The molecule has 2 aliphatic heterocycles. The maximum absolute atomic E-state index is 2.41. The van der Waals surface area contributed by atoms with Gasteiger partial charge in [-0.25, -0.2) is 0 Å². The zero-order valence-electron chi connectivity index (χ0n) is 17.7. The van der Waals surface area contributed by atoms with E-state index in [0.717, 1.165) is 0 Å². The Morgan fingerprint density at radius 2 is 1.46 bits per heavy atom. The fraction of sp³-hybridized carbons (Fsp3) is 0.280. The minimum absolute atomic E-state index is 0.0849. The topological polar surface area (TPSA) is 6.48 Å². The molecule has 3 aromatic carbocycles. The Balaban J connectivity index is 1.92. The lowest BCUT2D eigenvalue weighted by molar-refractivity contribution is 0.591. The predicted octanol–water partition coefficient (Wildman–Crippen LogP) is 3.97. The van der Waals surface area contributed by atoms with Crippen molar-refractivity contribution in [3.63, 3.8) is 0 Å². The SMILES string of the molecule is Cc1ccc2c(c1)N(C)c1ccc(C(C)(C)C)c3c1B2c1ccccc1N3C. The van der Waals surface area contributed by atoms with Gasteiger partial charge in [0.1, 0.15) is 0 Å². The summed E-state index contributed by atoms with van der Waals surface area (Å²) in [6.45, 7) is 9.42. The van der Waals surface area contributed by atoms with E-state index in [9.17, 15) is 0 Å². The molecule has 0 saturated carbocycles. The first-order valence-electron chi connectivity index (χ1n) is 10.1. The number of benzene rings is 3. The second-order valence-corrected chi connectivity index (χ2v) is 9.32. The first-order valence-corrected chi connectivity index (χ1v) is 10.1. The molecule has 0 spiro atoms. The molecule has 28 heavy (non-hydrogen) atoms. The van der Waals surface area contributed by atoms with Gasteiger partial charge in [0.2, 0.25) is 0 Å². The van der Waals surface area contributed by atoms with Gasteiger partial charge in [-0.2, -0.15) is 0 Å². The van der Waals surface area contributed by atoms with Crippen LogP contribution in [0.2, 0.25) is 0 Å². The van der Waals surface area contributed by atoms with E-state index in [1.54, 1.807) is 0 Å². The predicted molar refractivity (Wildman–Crippen MR) is 124 cm³/mol. The molecule has 3 heteroatoms. The lowest BCUT2D eigenvalue weighted by Gasteiger charge is -2.44. The average Bonchev–Trinajstić information content (AvgIpc) is 2.66. The van der Waals surface area contributed by atoms with Gasteiger partial charge in [0, 0.05) is 36.8 Å². The Morgan fingerprint density at radius 3 is 2.21 bits per heavy atom. The third kappa shape index (κ3) is 2.22. The smallest absolute Gasteiger partial charge is 0.252 e. The molecule has 5 rings (SSSR count). The molecule has 0 bridgehead atoms. The van der Waals surface area contributed by atoms with E-state index in [4.69, 9.17) is 0 Å². The molecule has 2 aliphatic rings. The maximum atomic E-state index is 2.41. The summed E-state index contributed by atoms with van der Waals surface area (Å²) in [5.41, 5.74) is 12.4. The van der Waals surface area contributed by atoms with Gasteiger partial charge in [0.25, 0.3) is 6.71 Å². The summed E-state index contributed by atoms with van der Waals surface area (Å²) >= 11 is 0. The molecule has 2 heterocycles. The third-order valence-corrected chi connectivity index (χ3v) is 6.45. The number of fused-ring (bicyclic) bond motifs is 4. The molecule has 0 saturated heterocycles. The molecule has 0 aliphatic carbocycles. The molecule has 0 unspecified atom stereocenters. The Labute approximate surface area is 168 Å². The molecule has 0 aromatic heterocycles. The number of para-hydroxylation sites is 1. The molecular formula is C25H27BN2. The number of hydrogen-bond acceptors (Lipinski definition) is 2. The van der Waals surface area contributed by atoms with Gasteiger partial charge in [-0.15, -0.1) is 0 Å². The van der Waals surface area contributed by atoms with Crippen LogP contribution in [0.25, 0.3) is 0 Å². The van der Waals surface area contributed by atoms with Gasteiger partial charge in [-0.05, 0) is 58.1 Å². The van der Waals surface area contributed by atoms with Crippen LogP contribution in [-0.4, -0.2) is 20.8 Å². The van der Waals surface area contributed by atoms with Gasteiger partial charge in [0.05, 0.1) is 0 Å². The lowest BCUT2D eigenvalue weighted by Crippen LogP contribution is -2.62. The molecule has 0 N–H and O–H groups in total. The van der Waals surface area contributed by atoms with E-state index in [-0.39, 0.29) is 12.1 Å². The first-order chi connectivity index (χ1) is 13.3. The van der Waals surface area contributed by atoms with E-state index in [1.807, 2.05) is 0 Å². The highest BCUT2D eigenvalue weighted by atomic mass is 15.1. The van der Waals surface area contributed by atoms with Crippen molar-refractivity contribution in [1.29, 1.82) is 0 Å². The molecule has 0 fully saturated rings. The molecular weight excluding hydrogens is 339 g/mol. The zero-order chi connectivity index (χ0) is 19.8. The average molecular weight is 366 g/mol. The van der Waals surface area contributed by atoms with Crippen LogP contribution in [0, 0.1) is 6.92 Å². The number of aryl methyl sites for hydroxylation is 1. The molecule has 2 nitrogen and oxygen atoms in total. The summed E-state index contributed by atoms with van der Waals surface area (Å²) in [5, 5.41) is 0. The Bertz CT molecular complexity index is 1110. The van der Waals surface area contributed by atoms with E-state index in [1.165, 1.54) is 50.3 Å². The summed E-state index contributed by atoms with van der Waals surface area (Å²) in [5.74, 6) is 0. The van der Waals surface area contributed by atoms with E-state index < -0.39 is 0 Å². The monoisotopic (exact) mass is 366 g/mol. The van der Waals surface area contributed by atoms with Gasteiger partial charge in [0.15, 0.2) is 0 Å². The Morgan fingerprint density at radius 1 is 0.750 bits per heavy atom. The Hall–Kier alpha value is -2.68. The summed E-state index contributed by atoms with van der Waals surface area (Å²) < 4.78 is 0. The fourth-order valence-corrected chi connectivity index (χ4v) is 5.10. The number of rotatable bonds is 0. The highest BCUT2D eigenvalue weighted by molar-refractivity contribution is 7.00. The van der Waals surface area contributed by atoms with Gasteiger partial charge in [-0.1, -0.05) is 57.2 Å². The maximum Gasteiger partial charge on any atom is 0.252 e. The normalized spacial score (nSPS) is 14.6. The van der Waals surface area contributed by atoms with E-state index in [2.05, 4.69) is 106 Å². The van der Waals surface area contributed by atoms with Crippen LogP contribution < -0.4 is 26.2 Å². The first kappa shape index (κ1) is 17.4. The van der Waals surface area contributed by atoms with Crippen molar-refractivity contribution in [1.82, 2.24) is 0 Å². The summed E-state index contributed by atoms with van der Waals surface area (Å²) in [7, 11) is 4.44. The Kier molecular flexibility index (Phi) is 3.53. The fourth-order valence-electron chi connectivity index (χ4n) is 5.10. The second-order valence-electron chi connectivity index (χ2n) is 9.32. The van der Waals surface area contributed by atoms with Crippen LogP contribution in [-0.2, 0) is 5.41 Å². The van der Waals surface area contributed by atoms with Crippen molar-refractivity contribution in [2.45, 2.75) is 33.1 Å². The standard InChI is InChI=1S/C25H27BN2/c1-16-11-13-19-22(15-16)27(5)21-14-12-17(25(2,3)4)24-23(21)26(19)18-9-7-8-10-20(18)28(24)6/h7-15H,1-6H3. The van der Waals surface area contributed by atoms with Gasteiger partial charge in [-0.3, -0.25) is 0 Å². The number of nitrogens with zero attached hydrogens (tertiary/aromatic N) is 2. The van der Waals surface area contributed by atoms with E-state index >= 15 is 0 Å². The zero-order valence-corrected chi connectivity index (χ0v) is 17.7. The van der Waals surface area contributed by atoms with Crippen LogP contribution in [0.4, 0.5) is 22.7 Å².